The Morgan fingerprint density at radius 3 is 2.17 bits per heavy atom. The average Bonchev–Trinajstić information content (AvgIpc) is 2.74. The number of nitrogens with one attached hydrogen (secondary N) is 1. The summed E-state index contributed by atoms with van der Waals surface area (Å²) in [5, 5.41) is 5.01. The van der Waals surface area contributed by atoms with Gasteiger partial charge in [0.15, 0.2) is 5.84 Å². The van der Waals surface area contributed by atoms with Crippen molar-refractivity contribution in [2.45, 2.75) is 11.8 Å². The molecule has 5 heteroatoms. The molecule has 0 saturated heterocycles. The predicted octanol–water partition coefficient (Wildman–Crippen LogP) is 5.40. The fourth-order valence-corrected chi connectivity index (χ4v) is 4.14. The number of anilines is 1. The van der Waals surface area contributed by atoms with Gasteiger partial charge in [-0.15, -0.1) is 4.40 Å². The van der Waals surface area contributed by atoms with Crippen LogP contribution in [-0.2, 0) is 10.0 Å². The van der Waals surface area contributed by atoms with Crippen molar-refractivity contribution in [3.05, 3.63) is 108 Å². The SMILES string of the molecule is Cc1ccccc1C(=NS(=O)(=O)c1ccc2ccccc2c1)Nc1ccccc1. The number of para-hydroxylation sites is 1. The number of hydrogen-bond acceptors (Lipinski definition) is 2. The summed E-state index contributed by atoms with van der Waals surface area (Å²) in [6, 6.07) is 29.7. The minimum atomic E-state index is -3.91. The van der Waals surface area contributed by atoms with E-state index in [1.165, 1.54) is 0 Å². The van der Waals surface area contributed by atoms with Crippen LogP contribution in [0.4, 0.5) is 5.69 Å². The average molecular weight is 401 g/mol. The number of benzene rings is 4. The van der Waals surface area contributed by atoms with Gasteiger partial charge in [0, 0.05) is 11.3 Å². The van der Waals surface area contributed by atoms with Gasteiger partial charge in [0.1, 0.15) is 0 Å². The van der Waals surface area contributed by atoms with Gasteiger partial charge < -0.3 is 5.32 Å². The molecule has 0 fully saturated rings. The summed E-state index contributed by atoms with van der Waals surface area (Å²) in [7, 11) is -3.91. The van der Waals surface area contributed by atoms with Crippen molar-refractivity contribution >= 4 is 32.3 Å². The van der Waals surface area contributed by atoms with Crippen molar-refractivity contribution in [3.8, 4) is 0 Å². The highest BCUT2D eigenvalue weighted by atomic mass is 32.2. The smallest absolute Gasteiger partial charge is 0.284 e. The van der Waals surface area contributed by atoms with Crippen LogP contribution in [-0.4, -0.2) is 14.3 Å². The summed E-state index contributed by atoms with van der Waals surface area (Å²) in [6.07, 6.45) is 0. The maximum atomic E-state index is 13.1. The molecule has 144 valence electrons. The molecule has 4 rings (SSSR count). The minimum Gasteiger partial charge on any atom is -0.339 e. The number of hydrogen-bond donors (Lipinski definition) is 1. The molecule has 29 heavy (non-hydrogen) atoms. The zero-order valence-electron chi connectivity index (χ0n) is 15.9. The first-order valence-corrected chi connectivity index (χ1v) is 10.7. The zero-order valence-corrected chi connectivity index (χ0v) is 16.7. The second-order valence-corrected chi connectivity index (χ2v) is 8.33. The van der Waals surface area contributed by atoms with Gasteiger partial charge in [-0.3, -0.25) is 0 Å². The first kappa shape index (κ1) is 18.9. The standard InChI is InChI=1S/C24H20N2O2S/c1-18-9-5-8-14-23(18)24(25-21-12-3-2-4-13-21)26-29(27,28)22-16-15-19-10-6-7-11-20(19)17-22/h2-17H,1H3,(H,25,26). The molecule has 0 radical (unpaired) electrons. The highest BCUT2D eigenvalue weighted by molar-refractivity contribution is 7.90. The minimum absolute atomic E-state index is 0.164. The lowest BCUT2D eigenvalue weighted by atomic mass is 10.1. The number of nitrogens with zero attached hydrogens (tertiary/aromatic N) is 1. The van der Waals surface area contributed by atoms with Crippen molar-refractivity contribution in [2.24, 2.45) is 4.40 Å². The van der Waals surface area contributed by atoms with E-state index < -0.39 is 10.0 Å². The summed E-state index contributed by atoms with van der Waals surface area (Å²) in [4.78, 5) is 0.164. The Hall–Kier alpha value is -3.44. The Morgan fingerprint density at radius 1 is 0.759 bits per heavy atom. The van der Waals surface area contributed by atoms with Gasteiger partial charge in [-0.1, -0.05) is 72.8 Å². The fourth-order valence-electron chi connectivity index (χ4n) is 3.14. The van der Waals surface area contributed by atoms with Gasteiger partial charge in [-0.05, 0) is 47.5 Å². The Morgan fingerprint density at radius 2 is 1.41 bits per heavy atom. The molecule has 0 aliphatic carbocycles. The molecule has 0 aliphatic heterocycles. The van der Waals surface area contributed by atoms with E-state index in [-0.39, 0.29) is 4.90 Å². The van der Waals surface area contributed by atoms with Crippen LogP contribution in [0.15, 0.2) is 106 Å². The monoisotopic (exact) mass is 400 g/mol. The zero-order chi connectivity index (χ0) is 20.3. The summed E-state index contributed by atoms with van der Waals surface area (Å²) in [6.45, 7) is 1.93. The van der Waals surface area contributed by atoms with E-state index in [0.717, 1.165) is 27.6 Å². The lowest BCUT2D eigenvalue weighted by Gasteiger charge is -2.13. The van der Waals surface area contributed by atoms with Crippen LogP contribution in [0.3, 0.4) is 0 Å². The lowest BCUT2D eigenvalue weighted by molar-refractivity contribution is 0.598. The molecule has 0 amide bonds. The van der Waals surface area contributed by atoms with E-state index in [1.807, 2.05) is 85.8 Å². The first-order valence-electron chi connectivity index (χ1n) is 9.25. The molecule has 0 saturated carbocycles. The van der Waals surface area contributed by atoms with Crippen LogP contribution in [0.5, 0.6) is 0 Å². The van der Waals surface area contributed by atoms with Crippen LogP contribution in [0.1, 0.15) is 11.1 Å². The van der Waals surface area contributed by atoms with Crippen LogP contribution in [0.25, 0.3) is 10.8 Å². The molecule has 1 N–H and O–H groups in total. The number of amidine groups is 1. The number of fused-ring (bicyclic) bond motifs is 1. The molecule has 0 aliphatic rings. The molecular weight excluding hydrogens is 380 g/mol. The molecule has 0 atom stereocenters. The molecule has 4 aromatic carbocycles. The van der Waals surface area contributed by atoms with Crippen LogP contribution < -0.4 is 5.32 Å². The summed E-state index contributed by atoms with van der Waals surface area (Å²) >= 11 is 0. The lowest BCUT2D eigenvalue weighted by Crippen LogP contribution is -2.17. The van der Waals surface area contributed by atoms with Gasteiger partial charge in [-0.2, -0.15) is 8.42 Å². The third-order valence-corrected chi connectivity index (χ3v) is 5.94. The molecule has 0 unspecified atom stereocenters. The third-order valence-electron chi connectivity index (χ3n) is 4.67. The Labute approximate surface area is 170 Å². The van der Waals surface area contributed by atoms with Gasteiger partial charge >= 0.3 is 0 Å². The highest BCUT2D eigenvalue weighted by Gasteiger charge is 2.17. The van der Waals surface area contributed by atoms with Gasteiger partial charge in [0.25, 0.3) is 10.0 Å². The van der Waals surface area contributed by atoms with Gasteiger partial charge in [0.2, 0.25) is 0 Å². The molecule has 0 bridgehead atoms. The summed E-state index contributed by atoms with van der Waals surface area (Å²) in [5.41, 5.74) is 2.44. The van der Waals surface area contributed by atoms with E-state index in [1.54, 1.807) is 18.2 Å². The van der Waals surface area contributed by atoms with Crippen molar-refractivity contribution in [1.82, 2.24) is 0 Å². The van der Waals surface area contributed by atoms with Crippen molar-refractivity contribution in [3.63, 3.8) is 0 Å². The quantitative estimate of drug-likeness (QED) is 0.369. The van der Waals surface area contributed by atoms with Gasteiger partial charge in [-0.25, -0.2) is 0 Å². The molecule has 0 spiro atoms. The second kappa shape index (κ2) is 7.89. The maximum Gasteiger partial charge on any atom is 0.284 e. The molecule has 4 nitrogen and oxygen atoms in total. The van der Waals surface area contributed by atoms with Crippen LogP contribution >= 0.6 is 0 Å². The predicted molar refractivity (Wildman–Crippen MR) is 119 cm³/mol. The molecular formula is C24H20N2O2S. The topological polar surface area (TPSA) is 58.5 Å². The van der Waals surface area contributed by atoms with E-state index in [2.05, 4.69) is 9.71 Å². The van der Waals surface area contributed by atoms with E-state index in [9.17, 15) is 8.42 Å². The van der Waals surface area contributed by atoms with E-state index in [0.29, 0.717) is 5.84 Å². The largest absolute Gasteiger partial charge is 0.339 e. The summed E-state index contributed by atoms with van der Waals surface area (Å²) in [5.74, 6) is 0.294. The van der Waals surface area contributed by atoms with Crippen LogP contribution in [0, 0.1) is 6.92 Å². The van der Waals surface area contributed by atoms with Gasteiger partial charge in [0.05, 0.1) is 4.90 Å². The first-order chi connectivity index (χ1) is 14.0. The van der Waals surface area contributed by atoms with Crippen LogP contribution in [0.2, 0.25) is 0 Å². The van der Waals surface area contributed by atoms with Crippen molar-refractivity contribution in [2.75, 3.05) is 5.32 Å². The number of aryl methyl sites for hydroxylation is 1. The maximum absolute atomic E-state index is 13.1. The molecule has 4 aromatic rings. The van der Waals surface area contributed by atoms with E-state index >= 15 is 0 Å². The Balaban J connectivity index is 1.82. The Bertz CT molecular complexity index is 1300. The normalized spacial score (nSPS) is 12.1. The fraction of sp³-hybridized carbons (Fsp3) is 0.0417. The van der Waals surface area contributed by atoms with E-state index in [4.69, 9.17) is 0 Å². The highest BCUT2D eigenvalue weighted by Crippen LogP contribution is 2.22. The molecule has 0 aromatic heterocycles. The van der Waals surface area contributed by atoms with Crippen molar-refractivity contribution in [1.29, 1.82) is 0 Å². The Kier molecular flexibility index (Phi) is 5.14. The third kappa shape index (κ3) is 4.20. The second-order valence-electron chi connectivity index (χ2n) is 6.73. The number of sulfonamides is 1. The number of rotatable bonds is 4. The summed E-state index contributed by atoms with van der Waals surface area (Å²) < 4.78 is 30.5. The molecule has 0 heterocycles. The van der Waals surface area contributed by atoms with Crippen molar-refractivity contribution < 1.29 is 8.42 Å².